The molecule has 2 aliphatic heterocycles. The number of Topliss-reactive ketones (excluding diaryl/α,β-unsaturated/α-hetero) is 1. The number of thiazole rings is 1. The van der Waals surface area contributed by atoms with E-state index in [9.17, 15) is 14.4 Å². The Hall–Kier alpha value is -2.82. The third kappa shape index (κ3) is 5.62. The van der Waals surface area contributed by atoms with E-state index in [0.29, 0.717) is 24.8 Å². The zero-order valence-electron chi connectivity index (χ0n) is 22.2. The van der Waals surface area contributed by atoms with Crippen LogP contribution in [0.3, 0.4) is 0 Å². The number of rotatable bonds is 7. The lowest BCUT2D eigenvalue weighted by Crippen LogP contribution is -2.62. The summed E-state index contributed by atoms with van der Waals surface area (Å²) in [4.78, 5) is 48.6. The summed E-state index contributed by atoms with van der Waals surface area (Å²) in [6.45, 7) is 5.95. The molecule has 10 heteroatoms. The van der Waals surface area contributed by atoms with Gasteiger partial charge in [-0.2, -0.15) is 0 Å². The summed E-state index contributed by atoms with van der Waals surface area (Å²) in [5.41, 5.74) is 1.32. The van der Waals surface area contributed by atoms with Crippen molar-refractivity contribution < 1.29 is 19.1 Å². The Morgan fingerprint density at radius 3 is 2.50 bits per heavy atom. The van der Waals surface area contributed by atoms with Gasteiger partial charge in [-0.05, 0) is 38.4 Å². The van der Waals surface area contributed by atoms with Gasteiger partial charge in [-0.1, -0.05) is 38.3 Å². The summed E-state index contributed by atoms with van der Waals surface area (Å²) in [6, 6.07) is 6.73. The quantitative estimate of drug-likeness (QED) is 0.558. The second kappa shape index (κ2) is 11.5. The smallest absolute Gasteiger partial charge is 0.252 e. The molecular weight excluding hydrogens is 502 g/mol. The topological polar surface area (TPSA) is 104 Å². The number of likely N-dealkylation sites (N-methyl/N-ethyl adjacent to an activating group) is 1. The molecule has 1 saturated carbocycles. The molecule has 1 aromatic heterocycles. The van der Waals surface area contributed by atoms with Crippen LogP contribution in [0.15, 0.2) is 29.6 Å². The van der Waals surface area contributed by atoms with Gasteiger partial charge in [-0.15, -0.1) is 11.3 Å². The first-order chi connectivity index (χ1) is 18.4. The molecule has 2 amide bonds. The lowest BCUT2D eigenvalue weighted by atomic mass is 9.80. The van der Waals surface area contributed by atoms with Gasteiger partial charge < -0.3 is 25.2 Å². The van der Waals surface area contributed by atoms with Crippen molar-refractivity contribution in [1.29, 1.82) is 0 Å². The SMILES string of the molecule is CC[C@@H]1OCC(=O)C1NC(=O)C1(NC(=O)c2ccc(-c3csc(N4CCN(C)CC4)n3)cc2)CCCCC1. The number of benzene rings is 1. The van der Waals surface area contributed by atoms with E-state index in [-0.39, 0.29) is 30.3 Å². The molecule has 1 aromatic carbocycles. The summed E-state index contributed by atoms with van der Waals surface area (Å²) < 4.78 is 5.53. The Kier molecular flexibility index (Phi) is 8.11. The molecular formula is C28H37N5O4S. The highest BCUT2D eigenvalue weighted by Gasteiger charge is 2.44. The number of aromatic nitrogens is 1. The van der Waals surface area contributed by atoms with Crippen LogP contribution in [0.2, 0.25) is 0 Å². The summed E-state index contributed by atoms with van der Waals surface area (Å²) in [6.07, 6.45) is 4.13. The summed E-state index contributed by atoms with van der Waals surface area (Å²) in [7, 11) is 2.14. The molecule has 3 fully saturated rings. The van der Waals surface area contributed by atoms with Crippen molar-refractivity contribution in [3.63, 3.8) is 0 Å². The number of amides is 2. The number of carbonyl (C=O) groups is 3. The van der Waals surface area contributed by atoms with E-state index in [1.165, 1.54) is 0 Å². The van der Waals surface area contributed by atoms with Crippen molar-refractivity contribution in [1.82, 2.24) is 20.5 Å². The number of anilines is 1. The van der Waals surface area contributed by atoms with Crippen LogP contribution in [-0.4, -0.2) is 85.0 Å². The standard InChI is InChI=1S/C28H37N5O4S/c1-3-23-24(22(34)17-37-23)30-26(36)28(11-5-4-6-12-28)31-25(35)20-9-7-19(8-10-20)21-18-38-27(29-21)33-15-13-32(2)14-16-33/h7-10,18,23-24H,3-6,11-17H2,1-2H3,(H,30,36)(H,31,35)/t23-,24?/m0/s1. The van der Waals surface area contributed by atoms with Crippen molar-refractivity contribution in [3.05, 3.63) is 35.2 Å². The van der Waals surface area contributed by atoms with Crippen LogP contribution in [0.1, 0.15) is 55.8 Å². The predicted octanol–water partition coefficient (Wildman–Crippen LogP) is 2.86. The highest BCUT2D eigenvalue weighted by atomic mass is 32.1. The minimum Gasteiger partial charge on any atom is -0.368 e. The van der Waals surface area contributed by atoms with Gasteiger partial charge in [-0.3, -0.25) is 14.4 Å². The van der Waals surface area contributed by atoms with E-state index in [0.717, 1.165) is 61.8 Å². The lowest BCUT2D eigenvalue weighted by Gasteiger charge is -2.37. The lowest BCUT2D eigenvalue weighted by molar-refractivity contribution is -0.132. The number of carbonyl (C=O) groups excluding carboxylic acids is 3. The summed E-state index contributed by atoms with van der Waals surface area (Å²) in [5.74, 6) is -0.690. The zero-order chi connectivity index (χ0) is 26.7. The molecule has 3 heterocycles. The van der Waals surface area contributed by atoms with E-state index < -0.39 is 11.6 Å². The van der Waals surface area contributed by atoms with Crippen molar-refractivity contribution in [2.45, 2.75) is 63.1 Å². The molecule has 2 aromatic rings. The highest BCUT2D eigenvalue weighted by molar-refractivity contribution is 7.14. The molecule has 0 radical (unpaired) electrons. The largest absolute Gasteiger partial charge is 0.368 e. The highest BCUT2D eigenvalue weighted by Crippen LogP contribution is 2.31. The Morgan fingerprint density at radius 2 is 1.82 bits per heavy atom. The number of nitrogens with one attached hydrogen (secondary N) is 2. The van der Waals surface area contributed by atoms with Gasteiger partial charge in [0.2, 0.25) is 5.91 Å². The van der Waals surface area contributed by atoms with E-state index >= 15 is 0 Å². The maximum Gasteiger partial charge on any atom is 0.252 e. The first-order valence-corrected chi connectivity index (χ1v) is 14.5. The Morgan fingerprint density at radius 1 is 1.11 bits per heavy atom. The molecule has 5 rings (SSSR count). The van der Waals surface area contributed by atoms with Crippen molar-refractivity contribution in [3.8, 4) is 11.3 Å². The minimum absolute atomic E-state index is 0.0189. The fourth-order valence-corrected chi connectivity index (χ4v) is 6.46. The average Bonchev–Trinajstić information content (AvgIpc) is 3.57. The number of hydrogen-bond acceptors (Lipinski definition) is 8. The first-order valence-electron chi connectivity index (χ1n) is 13.7. The number of nitrogens with zero attached hydrogens (tertiary/aromatic N) is 3. The fraction of sp³-hybridized carbons (Fsp3) is 0.571. The van der Waals surface area contributed by atoms with Crippen molar-refractivity contribution >= 4 is 34.1 Å². The molecule has 3 aliphatic rings. The molecule has 0 bridgehead atoms. The van der Waals surface area contributed by atoms with Gasteiger partial charge >= 0.3 is 0 Å². The van der Waals surface area contributed by atoms with E-state index in [1.807, 2.05) is 19.1 Å². The second-order valence-electron chi connectivity index (χ2n) is 10.7. The molecule has 0 spiro atoms. The number of hydrogen-bond donors (Lipinski definition) is 2. The van der Waals surface area contributed by atoms with Gasteiger partial charge in [0, 0.05) is 42.7 Å². The number of ether oxygens (including phenoxy) is 1. The summed E-state index contributed by atoms with van der Waals surface area (Å²) in [5, 5.41) is 9.05. The average molecular weight is 540 g/mol. The normalized spacial score (nSPS) is 23.8. The van der Waals surface area contributed by atoms with Crippen LogP contribution in [0.4, 0.5) is 5.13 Å². The fourth-order valence-electron chi connectivity index (χ4n) is 5.57. The van der Waals surface area contributed by atoms with Gasteiger partial charge in [0.1, 0.15) is 18.2 Å². The van der Waals surface area contributed by atoms with Crippen LogP contribution in [0.25, 0.3) is 11.3 Å². The number of piperazine rings is 1. The summed E-state index contributed by atoms with van der Waals surface area (Å²) >= 11 is 1.64. The van der Waals surface area contributed by atoms with Gasteiger partial charge in [0.05, 0.1) is 11.8 Å². The maximum absolute atomic E-state index is 13.5. The van der Waals surface area contributed by atoms with E-state index in [4.69, 9.17) is 9.72 Å². The zero-order valence-corrected chi connectivity index (χ0v) is 23.0. The van der Waals surface area contributed by atoms with Gasteiger partial charge in [-0.25, -0.2) is 4.98 Å². The molecule has 38 heavy (non-hydrogen) atoms. The first kappa shape index (κ1) is 26.8. The van der Waals surface area contributed by atoms with Crippen LogP contribution < -0.4 is 15.5 Å². The number of ketones is 1. The molecule has 9 nitrogen and oxygen atoms in total. The second-order valence-corrected chi connectivity index (χ2v) is 11.5. The van der Waals surface area contributed by atoms with Crippen LogP contribution in [0, 0.1) is 0 Å². The Bertz CT molecular complexity index is 1150. The predicted molar refractivity (Wildman–Crippen MR) is 148 cm³/mol. The third-order valence-corrected chi connectivity index (χ3v) is 8.95. The molecule has 2 atom stereocenters. The van der Waals surface area contributed by atoms with Gasteiger partial charge in [0.25, 0.3) is 5.91 Å². The van der Waals surface area contributed by atoms with Crippen molar-refractivity contribution in [2.75, 3.05) is 44.7 Å². The third-order valence-electron chi connectivity index (χ3n) is 8.05. The maximum atomic E-state index is 13.5. The molecule has 2 N–H and O–H groups in total. The van der Waals surface area contributed by atoms with Crippen LogP contribution in [-0.2, 0) is 14.3 Å². The Balaban J connectivity index is 1.26. The van der Waals surface area contributed by atoms with Crippen LogP contribution in [0.5, 0.6) is 0 Å². The van der Waals surface area contributed by atoms with Crippen molar-refractivity contribution in [2.24, 2.45) is 0 Å². The molecule has 2 saturated heterocycles. The van der Waals surface area contributed by atoms with E-state index in [2.05, 4.69) is 32.9 Å². The Labute approximate surface area is 227 Å². The van der Waals surface area contributed by atoms with Crippen LogP contribution >= 0.6 is 11.3 Å². The van der Waals surface area contributed by atoms with Gasteiger partial charge in [0.15, 0.2) is 10.9 Å². The minimum atomic E-state index is -1.03. The van der Waals surface area contributed by atoms with E-state index in [1.54, 1.807) is 23.5 Å². The molecule has 1 unspecified atom stereocenters. The molecule has 1 aliphatic carbocycles. The monoisotopic (exact) mass is 539 g/mol. The molecule has 204 valence electrons.